The van der Waals surface area contributed by atoms with Gasteiger partial charge in [0.25, 0.3) is 5.91 Å². The van der Waals surface area contributed by atoms with E-state index in [2.05, 4.69) is 37.2 Å². The van der Waals surface area contributed by atoms with Crippen LogP contribution in [0.1, 0.15) is 31.2 Å². The molecule has 2 N–H and O–H groups in total. The second-order valence-corrected chi connectivity index (χ2v) is 7.46. The minimum atomic E-state index is -1.04. The van der Waals surface area contributed by atoms with Gasteiger partial charge >= 0.3 is 5.97 Å². The number of halogens is 2. The summed E-state index contributed by atoms with van der Waals surface area (Å²) in [5.74, 6) is -1.39. The number of anilines is 1. The fourth-order valence-corrected chi connectivity index (χ4v) is 4.17. The summed E-state index contributed by atoms with van der Waals surface area (Å²) in [5, 5.41) is 12.3. The monoisotopic (exact) mass is 431 g/mol. The molecule has 4 nitrogen and oxygen atoms in total. The van der Waals surface area contributed by atoms with E-state index in [1.54, 1.807) is 19.1 Å². The molecule has 7 heteroatoms. The van der Waals surface area contributed by atoms with Crippen LogP contribution in [0.3, 0.4) is 0 Å². The molecule has 110 valence electrons. The maximum absolute atomic E-state index is 12.3. The Labute approximate surface area is 142 Å². The van der Waals surface area contributed by atoms with Crippen LogP contribution in [0.15, 0.2) is 27.1 Å². The standard InChI is InChI=1S/C14H11Br2NO3S/c1-6-7(2)21-13(11(6)14(19)20)17-12(18)8-3-9(15)5-10(16)4-8/h3-5H,1-2H3,(H,17,18)(H,19,20). The molecular weight excluding hydrogens is 422 g/mol. The van der Waals surface area contributed by atoms with E-state index in [9.17, 15) is 14.7 Å². The summed E-state index contributed by atoms with van der Waals surface area (Å²) in [6, 6.07) is 5.17. The third-order valence-electron chi connectivity index (χ3n) is 2.95. The predicted molar refractivity (Wildman–Crippen MR) is 90.5 cm³/mol. The normalized spacial score (nSPS) is 10.5. The molecule has 0 bridgehead atoms. The molecule has 1 heterocycles. The van der Waals surface area contributed by atoms with Gasteiger partial charge in [0, 0.05) is 19.4 Å². The third-order valence-corrected chi connectivity index (χ3v) is 4.99. The molecule has 0 aliphatic carbocycles. The summed E-state index contributed by atoms with van der Waals surface area (Å²) < 4.78 is 1.53. The van der Waals surface area contributed by atoms with Crippen molar-refractivity contribution < 1.29 is 14.7 Å². The van der Waals surface area contributed by atoms with E-state index in [4.69, 9.17) is 0 Å². The SMILES string of the molecule is Cc1sc(NC(=O)c2cc(Br)cc(Br)c2)c(C(=O)O)c1C. The number of carboxylic acids is 1. The topological polar surface area (TPSA) is 66.4 Å². The Morgan fingerprint density at radius 1 is 1.14 bits per heavy atom. The number of carboxylic acid groups (broad SMARTS) is 1. The van der Waals surface area contributed by atoms with Gasteiger partial charge in [-0.05, 0) is 37.6 Å². The van der Waals surface area contributed by atoms with Crippen molar-refractivity contribution in [2.45, 2.75) is 13.8 Å². The molecular formula is C14H11Br2NO3S. The molecule has 0 unspecified atom stereocenters. The molecule has 0 fully saturated rings. The van der Waals surface area contributed by atoms with Crippen molar-refractivity contribution in [3.05, 3.63) is 48.7 Å². The number of carbonyl (C=O) groups excluding carboxylic acids is 1. The minimum Gasteiger partial charge on any atom is -0.478 e. The molecule has 21 heavy (non-hydrogen) atoms. The second-order valence-electron chi connectivity index (χ2n) is 4.40. The number of amides is 1. The Morgan fingerprint density at radius 3 is 2.24 bits per heavy atom. The zero-order chi connectivity index (χ0) is 15.7. The molecule has 1 aromatic heterocycles. The number of aryl methyl sites for hydroxylation is 1. The number of hydrogen-bond donors (Lipinski definition) is 2. The molecule has 1 aromatic carbocycles. The van der Waals surface area contributed by atoms with Gasteiger partial charge in [-0.15, -0.1) is 11.3 Å². The highest BCUT2D eigenvalue weighted by Crippen LogP contribution is 2.33. The number of carbonyl (C=O) groups is 2. The molecule has 0 aliphatic heterocycles. The molecule has 0 atom stereocenters. The van der Waals surface area contributed by atoms with Crippen molar-refractivity contribution in [1.29, 1.82) is 0 Å². The summed E-state index contributed by atoms with van der Waals surface area (Å²) in [4.78, 5) is 24.5. The summed E-state index contributed by atoms with van der Waals surface area (Å²) in [6.07, 6.45) is 0. The fourth-order valence-electron chi connectivity index (χ4n) is 1.83. The Balaban J connectivity index is 2.36. The van der Waals surface area contributed by atoms with Crippen molar-refractivity contribution in [3.8, 4) is 0 Å². The first kappa shape index (κ1) is 16.2. The number of aromatic carboxylic acids is 1. The lowest BCUT2D eigenvalue weighted by atomic mass is 10.1. The second kappa shape index (κ2) is 6.29. The summed E-state index contributed by atoms with van der Waals surface area (Å²) in [7, 11) is 0. The van der Waals surface area contributed by atoms with Crippen molar-refractivity contribution in [2.75, 3.05) is 5.32 Å². The van der Waals surface area contributed by atoms with Crippen LogP contribution >= 0.6 is 43.2 Å². The van der Waals surface area contributed by atoms with Crippen LogP contribution in [0.4, 0.5) is 5.00 Å². The number of benzene rings is 1. The van der Waals surface area contributed by atoms with Crippen molar-refractivity contribution in [1.82, 2.24) is 0 Å². The number of nitrogens with one attached hydrogen (secondary N) is 1. The predicted octanol–water partition coefficient (Wildman–Crippen LogP) is 4.84. The number of thiophene rings is 1. The smallest absolute Gasteiger partial charge is 0.338 e. The molecule has 1 amide bonds. The molecule has 0 aliphatic rings. The Kier molecular flexibility index (Phi) is 4.85. The first-order chi connectivity index (χ1) is 9.79. The van der Waals surface area contributed by atoms with E-state index in [0.717, 1.165) is 13.8 Å². The van der Waals surface area contributed by atoms with Crippen molar-refractivity contribution in [2.24, 2.45) is 0 Å². The van der Waals surface area contributed by atoms with E-state index in [-0.39, 0.29) is 11.5 Å². The highest BCUT2D eigenvalue weighted by atomic mass is 79.9. The van der Waals surface area contributed by atoms with Gasteiger partial charge in [0.2, 0.25) is 0 Å². The van der Waals surface area contributed by atoms with Crippen LogP contribution < -0.4 is 5.32 Å². The van der Waals surface area contributed by atoms with Gasteiger partial charge in [-0.3, -0.25) is 4.79 Å². The Morgan fingerprint density at radius 2 is 1.71 bits per heavy atom. The molecule has 0 saturated carbocycles. The van der Waals surface area contributed by atoms with Crippen LogP contribution in [-0.4, -0.2) is 17.0 Å². The van der Waals surface area contributed by atoms with Gasteiger partial charge in [0.1, 0.15) is 5.00 Å². The van der Waals surface area contributed by atoms with Crippen LogP contribution in [0.2, 0.25) is 0 Å². The van der Waals surface area contributed by atoms with Gasteiger partial charge in [-0.25, -0.2) is 4.79 Å². The van der Waals surface area contributed by atoms with Gasteiger partial charge in [0.15, 0.2) is 0 Å². The molecule has 0 radical (unpaired) electrons. The van der Waals surface area contributed by atoms with E-state index < -0.39 is 5.97 Å². The average Bonchev–Trinajstić information content (AvgIpc) is 2.63. The summed E-state index contributed by atoms with van der Waals surface area (Å²) in [6.45, 7) is 3.57. The fraction of sp³-hybridized carbons (Fsp3) is 0.143. The summed E-state index contributed by atoms with van der Waals surface area (Å²) in [5.41, 5.74) is 1.27. The van der Waals surface area contributed by atoms with Crippen LogP contribution in [0.5, 0.6) is 0 Å². The van der Waals surface area contributed by atoms with E-state index in [0.29, 0.717) is 16.1 Å². The maximum Gasteiger partial charge on any atom is 0.338 e. The number of hydrogen-bond acceptors (Lipinski definition) is 3. The van der Waals surface area contributed by atoms with Crippen LogP contribution in [0, 0.1) is 13.8 Å². The highest BCUT2D eigenvalue weighted by molar-refractivity contribution is 9.11. The van der Waals surface area contributed by atoms with E-state index >= 15 is 0 Å². The van der Waals surface area contributed by atoms with Gasteiger partial charge < -0.3 is 10.4 Å². The number of rotatable bonds is 3. The lowest BCUT2D eigenvalue weighted by Crippen LogP contribution is -2.13. The Hall–Kier alpha value is -1.18. The van der Waals surface area contributed by atoms with Crippen molar-refractivity contribution >= 4 is 60.1 Å². The average molecular weight is 433 g/mol. The molecule has 2 rings (SSSR count). The molecule has 0 spiro atoms. The van der Waals surface area contributed by atoms with E-state index in [1.807, 2.05) is 13.0 Å². The van der Waals surface area contributed by atoms with Gasteiger partial charge in [0.05, 0.1) is 5.56 Å². The largest absolute Gasteiger partial charge is 0.478 e. The van der Waals surface area contributed by atoms with E-state index in [1.165, 1.54) is 11.3 Å². The first-order valence-electron chi connectivity index (χ1n) is 5.90. The quantitative estimate of drug-likeness (QED) is 0.729. The Bertz CT molecular complexity index is 720. The summed E-state index contributed by atoms with van der Waals surface area (Å²) >= 11 is 7.90. The zero-order valence-electron chi connectivity index (χ0n) is 11.2. The van der Waals surface area contributed by atoms with Crippen LogP contribution in [0.25, 0.3) is 0 Å². The minimum absolute atomic E-state index is 0.153. The third kappa shape index (κ3) is 3.53. The van der Waals surface area contributed by atoms with Crippen molar-refractivity contribution in [3.63, 3.8) is 0 Å². The zero-order valence-corrected chi connectivity index (χ0v) is 15.1. The van der Waals surface area contributed by atoms with Gasteiger partial charge in [-0.1, -0.05) is 31.9 Å². The van der Waals surface area contributed by atoms with Gasteiger partial charge in [-0.2, -0.15) is 0 Å². The first-order valence-corrected chi connectivity index (χ1v) is 8.30. The lowest BCUT2D eigenvalue weighted by Gasteiger charge is -2.06. The molecule has 2 aromatic rings. The van der Waals surface area contributed by atoms with Crippen LogP contribution in [-0.2, 0) is 0 Å². The lowest BCUT2D eigenvalue weighted by molar-refractivity contribution is 0.0697. The maximum atomic E-state index is 12.3. The highest BCUT2D eigenvalue weighted by Gasteiger charge is 2.21. The molecule has 0 saturated heterocycles.